The van der Waals surface area contributed by atoms with E-state index in [1.807, 2.05) is 62.7 Å². The van der Waals surface area contributed by atoms with Gasteiger partial charge >= 0.3 is 0 Å². The molecule has 2 aromatic carbocycles. The Morgan fingerprint density at radius 2 is 1.04 bits per heavy atom. The Bertz CT molecular complexity index is 3490. The van der Waals surface area contributed by atoms with E-state index in [0.29, 0.717) is 70.9 Å². The van der Waals surface area contributed by atoms with Crippen molar-refractivity contribution in [2.24, 2.45) is 0 Å². The van der Waals surface area contributed by atoms with Gasteiger partial charge in [-0.25, -0.2) is 9.97 Å². The summed E-state index contributed by atoms with van der Waals surface area (Å²) in [5.74, 6) is -1.63. The van der Waals surface area contributed by atoms with Gasteiger partial charge in [-0.1, -0.05) is 81.4 Å². The van der Waals surface area contributed by atoms with E-state index in [1.54, 1.807) is 12.4 Å². The van der Waals surface area contributed by atoms with Gasteiger partial charge in [0.05, 0.1) is 33.7 Å². The molecule has 0 saturated carbocycles. The molecule has 8 aromatic rings. The number of aliphatic hydroxyl groups excluding tert-OH is 1. The maximum Gasteiger partial charge on any atom is 0.261 e. The molecule has 17 heteroatoms. The van der Waals surface area contributed by atoms with Gasteiger partial charge < -0.3 is 18.7 Å². The standard InChI is InChI=1S/C37H39N5O3Si.C21H21N5O3/c1-37(2,3)46(27-15-6-4-7-16-27,28-17-8-5-9-18-28)45-23-13-21-41-25-30(29-19-12-20-38-34(29)41)32-33(36(44)39-35(32)43)31-24-26-14-10-11-22-42(26)40-31;27-10-4-8-25-12-15(14-6-3-7-22-19(14)25)17-18(21(29)23-20(17)28)16-11-13-5-1-2-9-26(13)24-16/h4-9,12,15-20,24-25H,10-11,13-14,21-23H2,1-3H3,(H,39,43,44);3,6-7,11-12,27H,1-2,4-5,8-10H2,(H,23,28,29). The number of hydrogen-bond acceptors (Lipinski definition) is 10. The minimum atomic E-state index is -2.66. The summed E-state index contributed by atoms with van der Waals surface area (Å²) in [6.07, 6.45) is 14.8. The van der Waals surface area contributed by atoms with Crippen molar-refractivity contribution >= 4 is 86.7 Å². The first-order chi connectivity index (χ1) is 36.4. The molecule has 12 rings (SSSR count). The van der Waals surface area contributed by atoms with Gasteiger partial charge in [0, 0.05) is 97.5 Å². The number of amides is 4. The number of carbonyl (C=O) groups excluding carboxylic acids is 4. The largest absolute Gasteiger partial charge is 0.407 e. The number of aromatic nitrogens is 8. The number of pyridine rings is 2. The van der Waals surface area contributed by atoms with Crippen molar-refractivity contribution in [1.29, 1.82) is 0 Å². The van der Waals surface area contributed by atoms with Gasteiger partial charge in [0.25, 0.3) is 31.9 Å². The molecule has 3 N–H and O–H groups in total. The van der Waals surface area contributed by atoms with E-state index < -0.39 is 31.9 Å². The van der Waals surface area contributed by atoms with Crippen molar-refractivity contribution in [3.8, 4) is 0 Å². The number of nitrogens with zero attached hydrogens (tertiary/aromatic N) is 8. The smallest absolute Gasteiger partial charge is 0.261 e. The second-order valence-electron chi connectivity index (χ2n) is 20.6. The van der Waals surface area contributed by atoms with Crippen LogP contribution in [0.25, 0.3) is 44.4 Å². The summed E-state index contributed by atoms with van der Waals surface area (Å²) in [4.78, 5) is 61.1. The molecule has 4 aliphatic heterocycles. The lowest BCUT2D eigenvalue weighted by atomic mass is 9.99. The molecule has 0 bridgehead atoms. The van der Waals surface area contributed by atoms with Crippen LogP contribution < -0.4 is 21.0 Å². The number of hydrogen-bond donors (Lipinski definition) is 3. The summed E-state index contributed by atoms with van der Waals surface area (Å²) < 4.78 is 15.0. The minimum Gasteiger partial charge on any atom is -0.407 e. The van der Waals surface area contributed by atoms with E-state index >= 15 is 0 Å². The number of aliphatic hydroxyl groups is 1. The Hall–Kier alpha value is -7.86. The molecule has 75 heavy (non-hydrogen) atoms. The zero-order chi connectivity index (χ0) is 51.8. The van der Waals surface area contributed by atoms with Crippen molar-refractivity contribution in [3.63, 3.8) is 0 Å². The number of benzene rings is 2. The molecule has 0 fully saturated rings. The summed E-state index contributed by atoms with van der Waals surface area (Å²) in [5, 5.41) is 27.6. The van der Waals surface area contributed by atoms with Gasteiger partial charge in [-0.2, -0.15) is 10.2 Å². The zero-order valence-corrected chi connectivity index (χ0v) is 43.5. The number of fused-ring (bicyclic) bond motifs is 4. The second kappa shape index (κ2) is 20.5. The quantitative estimate of drug-likeness (QED) is 0.0606. The van der Waals surface area contributed by atoms with Crippen LogP contribution in [0.2, 0.25) is 5.04 Å². The third-order valence-corrected chi connectivity index (χ3v) is 19.9. The number of nitrogens with one attached hydrogen (secondary N) is 2. The second-order valence-corrected chi connectivity index (χ2v) is 24.9. The Labute approximate surface area is 435 Å². The highest BCUT2D eigenvalue weighted by molar-refractivity contribution is 6.99. The first-order valence-electron chi connectivity index (χ1n) is 26.0. The maximum absolute atomic E-state index is 13.3. The van der Waals surface area contributed by atoms with Crippen LogP contribution in [0.5, 0.6) is 0 Å². The molecule has 4 amide bonds. The highest BCUT2D eigenvalue weighted by Gasteiger charge is 2.50. The lowest BCUT2D eigenvalue weighted by Gasteiger charge is -2.43. The van der Waals surface area contributed by atoms with E-state index in [4.69, 9.17) is 14.5 Å². The molecule has 10 heterocycles. The lowest BCUT2D eigenvalue weighted by Crippen LogP contribution is -2.66. The first kappa shape index (κ1) is 49.4. The highest BCUT2D eigenvalue weighted by Crippen LogP contribution is 2.39. The van der Waals surface area contributed by atoms with Crippen LogP contribution in [0.1, 0.15) is 93.2 Å². The van der Waals surface area contributed by atoms with Gasteiger partial charge in [0.2, 0.25) is 0 Å². The number of rotatable bonds is 14. The fourth-order valence-electron chi connectivity index (χ4n) is 11.4. The fourth-order valence-corrected chi connectivity index (χ4v) is 16.0. The minimum absolute atomic E-state index is 0.0645. The Balaban J connectivity index is 0.000000178. The monoisotopic (exact) mass is 1020 g/mol. The van der Waals surface area contributed by atoms with Crippen molar-refractivity contribution < 1.29 is 28.7 Å². The van der Waals surface area contributed by atoms with Gasteiger partial charge in [0.15, 0.2) is 0 Å². The van der Waals surface area contributed by atoms with Crippen LogP contribution in [0, 0.1) is 0 Å². The summed E-state index contributed by atoms with van der Waals surface area (Å²) in [6.45, 7) is 10.3. The molecule has 4 aliphatic rings. The summed E-state index contributed by atoms with van der Waals surface area (Å²) in [7, 11) is -2.66. The van der Waals surface area contributed by atoms with Gasteiger partial charge in [-0.05, 0) is 103 Å². The predicted molar refractivity (Wildman–Crippen MR) is 290 cm³/mol. The molecule has 16 nitrogen and oxygen atoms in total. The third kappa shape index (κ3) is 9.08. The Kier molecular flexibility index (Phi) is 13.5. The van der Waals surface area contributed by atoms with E-state index in [-0.39, 0.29) is 11.6 Å². The average molecular weight is 1020 g/mol. The molecule has 6 aromatic heterocycles. The molecule has 0 unspecified atom stereocenters. The number of aryl methyl sites for hydroxylation is 6. The van der Waals surface area contributed by atoms with Gasteiger partial charge in [-0.3, -0.25) is 39.2 Å². The molecule has 0 spiro atoms. The van der Waals surface area contributed by atoms with E-state index in [1.165, 1.54) is 10.4 Å². The number of carbonyl (C=O) groups is 4. The van der Waals surface area contributed by atoms with Gasteiger partial charge in [0.1, 0.15) is 11.3 Å². The highest BCUT2D eigenvalue weighted by atomic mass is 28.4. The van der Waals surface area contributed by atoms with Gasteiger partial charge in [-0.15, -0.1) is 0 Å². The predicted octanol–water partition coefficient (Wildman–Crippen LogP) is 6.62. The first-order valence-corrected chi connectivity index (χ1v) is 27.9. The van der Waals surface area contributed by atoms with Crippen molar-refractivity contribution in [3.05, 3.63) is 156 Å². The number of imide groups is 2. The fraction of sp³-hybridized carbons (Fsp3) is 0.310. The molecular formula is C58H60N10O6Si. The molecule has 0 radical (unpaired) electrons. The Morgan fingerprint density at radius 1 is 0.587 bits per heavy atom. The van der Waals surface area contributed by atoms with Crippen LogP contribution in [-0.2, 0) is 62.6 Å². The summed E-state index contributed by atoms with van der Waals surface area (Å²) in [6, 6.07) is 32.7. The normalized spacial score (nSPS) is 15.9. The topological polar surface area (TPSA) is 193 Å². The van der Waals surface area contributed by atoms with E-state index in [0.717, 1.165) is 91.5 Å². The van der Waals surface area contributed by atoms with Crippen LogP contribution >= 0.6 is 0 Å². The van der Waals surface area contributed by atoms with Crippen LogP contribution in [-0.4, -0.2) is 88.9 Å². The molecule has 382 valence electrons. The molecular weight excluding hydrogens is 961 g/mol. The van der Waals surface area contributed by atoms with Crippen molar-refractivity contribution in [1.82, 2.24) is 49.3 Å². The van der Waals surface area contributed by atoms with E-state index in [9.17, 15) is 24.3 Å². The lowest BCUT2D eigenvalue weighted by molar-refractivity contribution is -0.124. The Morgan fingerprint density at radius 3 is 1.48 bits per heavy atom. The van der Waals surface area contributed by atoms with Crippen molar-refractivity contribution in [2.45, 2.75) is 103 Å². The van der Waals surface area contributed by atoms with E-state index in [2.05, 4.69) is 107 Å². The maximum atomic E-state index is 13.3. The molecule has 0 aliphatic carbocycles. The summed E-state index contributed by atoms with van der Waals surface area (Å²) >= 11 is 0. The van der Waals surface area contributed by atoms with Crippen LogP contribution in [0.4, 0.5) is 0 Å². The zero-order valence-electron chi connectivity index (χ0n) is 42.5. The SMILES string of the molecule is CC(C)(C)[Si](OCCCn1cc(C2=C(c3cc4n(n3)CCCC4)C(=O)NC2=O)c2cccnc21)(c1ccccc1)c1ccccc1.O=C1NC(=O)C(c2cn(CCCO)c3ncccc23)=C1c1cc2n(n1)CCCC2. The molecule has 0 atom stereocenters. The average Bonchev–Trinajstić information content (AvgIpc) is 4.29. The van der Waals surface area contributed by atoms with Crippen molar-refractivity contribution in [2.75, 3.05) is 13.2 Å². The summed E-state index contributed by atoms with van der Waals surface area (Å²) in [5.41, 5.74) is 7.50. The molecule has 0 saturated heterocycles. The third-order valence-electron chi connectivity index (χ3n) is 14.8. The van der Waals surface area contributed by atoms with Crippen LogP contribution in [0.15, 0.2) is 122 Å². The van der Waals surface area contributed by atoms with Crippen LogP contribution in [0.3, 0.4) is 0 Å².